The van der Waals surface area contributed by atoms with E-state index in [1.54, 1.807) is 0 Å². The van der Waals surface area contributed by atoms with Crippen LogP contribution >= 0.6 is 0 Å². The first kappa shape index (κ1) is 12.7. The van der Waals surface area contributed by atoms with Gasteiger partial charge in [0.1, 0.15) is 7.85 Å². The molecule has 0 saturated carbocycles. The van der Waals surface area contributed by atoms with Gasteiger partial charge < -0.3 is 11.1 Å². The summed E-state index contributed by atoms with van der Waals surface area (Å²) in [5, 5.41) is 3.45. The zero-order chi connectivity index (χ0) is 13.0. The first-order chi connectivity index (χ1) is 8.66. The van der Waals surface area contributed by atoms with E-state index in [9.17, 15) is 0 Å². The van der Waals surface area contributed by atoms with Crippen molar-refractivity contribution in [1.82, 2.24) is 5.32 Å². The molecule has 0 fully saturated rings. The van der Waals surface area contributed by atoms with Crippen molar-refractivity contribution < 1.29 is 0 Å². The molecule has 90 valence electrons. The molecule has 0 bridgehead atoms. The Bertz CT molecular complexity index is 508. The Morgan fingerprint density at radius 3 is 2.44 bits per heavy atom. The first-order valence-electron chi connectivity index (χ1n) is 6.09. The van der Waals surface area contributed by atoms with Crippen molar-refractivity contribution in [3.8, 4) is 0 Å². The lowest BCUT2D eigenvalue weighted by atomic mass is 9.87. The largest absolute Gasteiger partial charge is 0.399 e. The van der Waals surface area contributed by atoms with Crippen LogP contribution in [0.2, 0.25) is 0 Å². The minimum atomic E-state index is 0.226. The average Bonchev–Trinajstić information content (AvgIpc) is 2.38. The minimum absolute atomic E-state index is 0.226. The molecule has 0 aromatic heterocycles. The SMILES string of the molecule is [B]c1ccccc1C(C)NCc1ccc(N)cc1. The standard InChI is InChI=1S/C15H17BN2/c1-11(14-4-2-3-5-15(14)16)18-10-12-6-8-13(17)9-7-12/h2-9,11,18H,10,17H2,1H3. The highest BCUT2D eigenvalue weighted by Crippen LogP contribution is 2.11. The molecule has 1 unspecified atom stereocenters. The van der Waals surface area contributed by atoms with Crippen LogP contribution in [0.3, 0.4) is 0 Å². The van der Waals surface area contributed by atoms with Crippen LogP contribution < -0.4 is 16.5 Å². The van der Waals surface area contributed by atoms with Crippen molar-refractivity contribution in [2.75, 3.05) is 5.73 Å². The molecule has 18 heavy (non-hydrogen) atoms. The summed E-state index contributed by atoms with van der Waals surface area (Å²) in [5.41, 5.74) is 9.62. The molecular weight excluding hydrogens is 219 g/mol. The zero-order valence-electron chi connectivity index (χ0n) is 10.6. The van der Waals surface area contributed by atoms with Crippen molar-refractivity contribution in [2.24, 2.45) is 0 Å². The molecule has 0 amide bonds. The van der Waals surface area contributed by atoms with Gasteiger partial charge in [-0.15, -0.1) is 0 Å². The smallest absolute Gasteiger partial charge is 0.114 e. The number of nitrogens with one attached hydrogen (secondary N) is 1. The van der Waals surface area contributed by atoms with E-state index >= 15 is 0 Å². The molecule has 0 aliphatic heterocycles. The highest BCUT2D eigenvalue weighted by molar-refractivity contribution is 6.33. The van der Waals surface area contributed by atoms with Crippen molar-refractivity contribution in [3.05, 3.63) is 59.7 Å². The second-order valence-electron chi connectivity index (χ2n) is 4.47. The normalized spacial score (nSPS) is 12.3. The molecule has 0 heterocycles. The summed E-state index contributed by atoms with van der Waals surface area (Å²) in [6, 6.07) is 16.1. The monoisotopic (exact) mass is 236 g/mol. The Morgan fingerprint density at radius 1 is 1.11 bits per heavy atom. The maximum Gasteiger partial charge on any atom is 0.114 e. The van der Waals surface area contributed by atoms with Gasteiger partial charge in [0.15, 0.2) is 0 Å². The second-order valence-corrected chi connectivity index (χ2v) is 4.47. The summed E-state index contributed by atoms with van der Waals surface area (Å²) >= 11 is 0. The highest BCUT2D eigenvalue weighted by Gasteiger charge is 2.06. The van der Waals surface area contributed by atoms with Crippen molar-refractivity contribution in [1.29, 1.82) is 0 Å². The zero-order valence-corrected chi connectivity index (χ0v) is 10.6. The lowest BCUT2D eigenvalue weighted by Gasteiger charge is -2.17. The lowest BCUT2D eigenvalue weighted by Crippen LogP contribution is -2.23. The molecule has 0 aliphatic carbocycles. The minimum Gasteiger partial charge on any atom is -0.399 e. The van der Waals surface area contributed by atoms with E-state index in [-0.39, 0.29) is 6.04 Å². The fourth-order valence-corrected chi connectivity index (χ4v) is 1.92. The van der Waals surface area contributed by atoms with Gasteiger partial charge in [0.2, 0.25) is 0 Å². The molecular formula is C15H17BN2. The summed E-state index contributed by atoms with van der Waals surface area (Å²) in [6.07, 6.45) is 0. The predicted octanol–water partition coefficient (Wildman–Crippen LogP) is 1.91. The summed E-state index contributed by atoms with van der Waals surface area (Å²) in [5.74, 6) is 0. The summed E-state index contributed by atoms with van der Waals surface area (Å²) in [6.45, 7) is 2.92. The van der Waals surface area contributed by atoms with Gasteiger partial charge in [-0.05, 0) is 30.2 Å². The molecule has 2 nitrogen and oxygen atoms in total. The fraction of sp³-hybridized carbons (Fsp3) is 0.200. The molecule has 2 aromatic rings. The molecule has 3 heteroatoms. The van der Waals surface area contributed by atoms with Gasteiger partial charge in [-0.1, -0.05) is 41.9 Å². The van der Waals surface area contributed by atoms with E-state index < -0.39 is 0 Å². The number of hydrogen-bond acceptors (Lipinski definition) is 2. The molecule has 0 aliphatic rings. The van der Waals surface area contributed by atoms with Crippen LogP contribution in [0.5, 0.6) is 0 Å². The van der Waals surface area contributed by atoms with Gasteiger partial charge in [0, 0.05) is 18.3 Å². The Hall–Kier alpha value is -1.74. The van der Waals surface area contributed by atoms with Crippen LogP contribution in [0.4, 0.5) is 5.69 Å². The van der Waals surface area contributed by atoms with Crippen molar-refractivity contribution in [2.45, 2.75) is 19.5 Å². The Morgan fingerprint density at radius 2 is 1.78 bits per heavy atom. The van der Waals surface area contributed by atoms with Gasteiger partial charge in [-0.25, -0.2) is 0 Å². The van der Waals surface area contributed by atoms with E-state index in [1.165, 1.54) is 5.56 Å². The van der Waals surface area contributed by atoms with Crippen LogP contribution in [0.25, 0.3) is 0 Å². The molecule has 2 aromatic carbocycles. The van der Waals surface area contributed by atoms with E-state index in [0.29, 0.717) is 0 Å². The van der Waals surface area contributed by atoms with Gasteiger partial charge >= 0.3 is 0 Å². The molecule has 3 N–H and O–H groups in total. The Labute approximate surface area is 110 Å². The van der Waals surface area contributed by atoms with Gasteiger partial charge in [0.25, 0.3) is 0 Å². The summed E-state index contributed by atoms with van der Waals surface area (Å²) in [4.78, 5) is 0. The first-order valence-corrected chi connectivity index (χ1v) is 6.09. The number of hydrogen-bond donors (Lipinski definition) is 2. The molecule has 0 saturated heterocycles. The number of rotatable bonds is 4. The lowest BCUT2D eigenvalue weighted by molar-refractivity contribution is 0.577. The Kier molecular flexibility index (Phi) is 4.05. The third-order valence-corrected chi connectivity index (χ3v) is 3.05. The summed E-state index contributed by atoms with van der Waals surface area (Å²) < 4.78 is 0. The number of benzene rings is 2. The van der Waals surface area contributed by atoms with Gasteiger partial charge in [0.05, 0.1) is 0 Å². The maximum atomic E-state index is 5.95. The van der Waals surface area contributed by atoms with Gasteiger partial charge in [-0.3, -0.25) is 0 Å². The summed E-state index contributed by atoms with van der Waals surface area (Å²) in [7, 11) is 5.95. The van der Waals surface area contributed by atoms with Crippen LogP contribution in [-0.2, 0) is 6.54 Å². The Balaban J connectivity index is 1.98. The van der Waals surface area contributed by atoms with E-state index in [2.05, 4.69) is 18.3 Å². The number of nitrogen functional groups attached to an aromatic ring is 1. The van der Waals surface area contributed by atoms with E-state index in [0.717, 1.165) is 23.3 Å². The maximum absolute atomic E-state index is 5.95. The molecule has 2 radical (unpaired) electrons. The van der Waals surface area contributed by atoms with Crippen molar-refractivity contribution in [3.63, 3.8) is 0 Å². The molecule has 1 atom stereocenters. The van der Waals surface area contributed by atoms with Crippen LogP contribution in [0.1, 0.15) is 24.1 Å². The van der Waals surface area contributed by atoms with Crippen molar-refractivity contribution >= 4 is 19.0 Å². The predicted molar refractivity (Wildman–Crippen MR) is 77.9 cm³/mol. The number of anilines is 1. The van der Waals surface area contributed by atoms with Crippen LogP contribution in [-0.4, -0.2) is 7.85 Å². The highest BCUT2D eigenvalue weighted by atomic mass is 14.9. The van der Waals surface area contributed by atoms with E-state index in [4.69, 9.17) is 13.6 Å². The van der Waals surface area contributed by atoms with Gasteiger partial charge in [-0.2, -0.15) is 0 Å². The third-order valence-electron chi connectivity index (χ3n) is 3.05. The van der Waals surface area contributed by atoms with E-state index in [1.807, 2.05) is 42.5 Å². The van der Waals surface area contributed by atoms with Crippen LogP contribution in [0, 0.1) is 0 Å². The topological polar surface area (TPSA) is 38.0 Å². The quantitative estimate of drug-likeness (QED) is 0.628. The molecule has 0 spiro atoms. The third kappa shape index (κ3) is 3.14. The number of nitrogens with two attached hydrogens (primary N) is 1. The van der Waals surface area contributed by atoms with Crippen LogP contribution in [0.15, 0.2) is 48.5 Å². The molecule has 2 rings (SSSR count). The fourth-order valence-electron chi connectivity index (χ4n) is 1.92. The average molecular weight is 236 g/mol. The second kappa shape index (κ2) is 5.74.